The fraction of sp³-hybridized carbons (Fsp3) is 0.690. The van der Waals surface area contributed by atoms with Gasteiger partial charge in [0, 0.05) is 13.1 Å². The van der Waals surface area contributed by atoms with Crippen molar-refractivity contribution in [2.24, 2.45) is 0 Å². The summed E-state index contributed by atoms with van der Waals surface area (Å²) >= 11 is 0. The number of ether oxygens (including phenoxy) is 1. The Bertz CT molecular complexity index is 847. The molecule has 0 saturated carbocycles. The van der Waals surface area contributed by atoms with Crippen molar-refractivity contribution in [3.8, 4) is 0 Å². The van der Waals surface area contributed by atoms with Gasteiger partial charge in [-0.05, 0) is 71.1 Å². The topological polar surface area (TPSA) is 87.7 Å². The smallest absolute Gasteiger partial charge is 0.408 e. The van der Waals surface area contributed by atoms with Crippen LogP contribution in [0.1, 0.15) is 109 Å². The standard InChI is InChI=1S/C29H49N3O4/c1-9-11-13-15-19-32(27(34)23(5)31-28(35)36-29(6,7)8)25(26(33)30-18-14-12-10-2)24-17-16-21(3)22(4)20-24/h16-17,20,23,25H,9-15,18-19H2,1-8H3,(H,30,33)(H,31,35). The van der Waals surface area contributed by atoms with Crippen molar-refractivity contribution in [3.05, 3.63) is 34.9 Å². The molecule has 1 aromatic rings. The highest BCUT2D eigenvalue weighted by atomic mass is 16.6. The lowest BCUT2D eigenvalue weighted by molar-refractivity contribution is -0.142. The van der Waals surface area contributed by atoms with E-state index in [4.69, 9.17) is 4.74 Å². The van der Waals surface area contributed by atoms with E-state index in [1.807, 2.05) is 32.0 Å². The third kappa shape index (κ3) is 11.0. The van der Waals surface area contributed by atoms with Crippen LogP contribution in [0.25, 0.3) is 0 Å². The number of carbonyl (C=O) groups excluding carboxylic acids is 3. The predicted octanol–water partition coefficient (Wildman–Crippen LogP) is 5.97. The molecule has 0 saturated heterocycles. The number of hydrogen-bond donors (Lipinski definition) is 2. The molecule has 7 nitrogen and oxygen atoms in total. The number of hydrogen-bond acceptors (Lipinski definition) is 4. The summed E-state index contributed by atoms with van der Waals surface area (Å²) in [5.41, 5.74) is 2.29. The fourth-order valence-corrected chi connectivity index (χ4v) is 3.96. The molecule has 0 aliphatic rings. The van der Waals surface area contributed by atoms with Crippen LogP contribution in [0.4, 0.5) is 4.79 Å². The van der Waals surface area contributed by atoms with E-state index in [1.165, 1.54) is 0 Å². The molecule has 36 heavy (non-hydrogen) atoms. The lowest BCUT2D eigenvalue weighted by atomic mass is 9.98. The largest absolute Gasteiger partial charge is 0.444 e. The van der Waals surface area contributed by atoms with Gasteiger partial charge >= 0.3 is 6.09 Å². The van der Waals surface area contributed by atoms with Crippen LogP contribution in [-0.2, 0) is 14.3 Å². The number of alkyl carbamates (subject to hydrolysis) is 1. The molecule has 3 amide bonds. The normalized spacial score (nSPS) is 13.0. The van der Waals surface area contributed by atoms with Crippen molar-refractivity contribution in [2.45, 2.75) is 118 Å². The van der Waals surface area contributed by atoms with Crippen LogP contribution in [0.3, 0.4) is 0 Å². The van der Waals surface area contributed by atoms with Crippen LogP contribution >= 0.6 is 0 Å². The summed E-state index contributed by atoms with van der Waals surface area (Å²) in [4.78, 5) is 41.3. The van der Waals surface area contributed by atoms with Gasteiger partial charge in [0.1, 0.15) is 17.7 Å². The molecule has 1 aromatic carbocycles. The van der Waals surface area contributed by atoms with Crippen molar-refractivity contribution in [3.63, 3.8) is 0 Å². The summed E-state index contributed by atoms with van der Waals surface area (Å²) < 4.78 is 5.35. The third-order valence-electron chi connectivity index (χ3n) is 6.13. The number of unbranched alkanes of at least 4 members (excludes halogenated alkanes) is 5. The molecular formula is C29H49N3O4. The number of rotatable bonds is 14. The minimum Gasteiger partial charge on any atom is -0.444 e. The Morgan fingerprint density at radius 3 is 2.17 bits per heavy atom. The average Bonchev–Trinajstić information content (AvgIpc) is 2.79. The number of benzene rings is 1. The first-order valence-corrected chi connectivity index (χ1v) is 13.6. The summed E-state index contributed by atoms with van der Waals surface area (Å²) in [7, 11) is 0. The van der Waals surface area contributed by atoms with Crippen molar-refractivity contribution >= 4 is 17.9 Å². The molecule has 204 valence electrons. The van der Waals surface area contributed by atoms with Crippen molar-refractivity contribution in [1.82, 2.24) is 15.5 Å². The lowest BCUT2D eigenvalue weighted by Crippen LogP contribution is -2.52. The number of nitrogens with zero attached hydrogens (tertiary/aromatic N) is 1. The molecule has 0 spiro atoms. The first kappa shape index (κ1) is 31.5. The van der Waals surface area contributed by atoms with E-state index in [9.17, 15) is 14.4 Å². The van der Waals surface area contributed by atoms with Crippen LogP contribution in [0.15, 0.2) is 18.2 Å². The van der Waals surface area contributed by atoms with Crippen LogP contribution < -0.4 is 10.6 Å². The maximum Gasteiger partial charge on any atom is 0.408 e. The van der Waals surface area contributed by atoms with E-state index in [0.717, 1.165) is 61.6 Å². The number of amides is 3. The molecule has 0 aromatic heterocycles. The van der Waals surface area contributed by atoms with Gasteiger partial charge in [-0.25, -0.2) is 4.79 Å². The lowest BCUT2D eigenvalue weighted by Gasteiger charge is -2.34. The maximum absolute atomic E-state index is 13.7. The molecule has 7 heteroatoms. The Kier molecular flexibility index (Phi) is 13.6. The molecule has 0 aliphatic heterocycles. The molecule has 0 radical (unpaired) electrons. The fourth-order valence-electron chi connectivity index (χ4n) is 3.96. The second kappa shape index (κ2) is 15.5. The van der Waals surface area contributed by atoms with Crippen LogP contribution in [-0.4, -0.2) is 47.5 Å². The van der Waals surface area contributed by atoms with Gasteiger partial charge in [0.25, 0.3) is 0 Å². The Morgan fingerprint density at radius 2 is 1.58 bits per heavy atom. The van der Waals surface area contributed by atoms with E-state index in [2.05, 4.69) is 24.5 Å². The van der Waals surface area contributed by atoms with Gasteiger partial charge in [0.2, 0.25) is 11.8 Å². The van der Waals surface area contributed by atoms with E-state index in [1.54, 1.807) is 32.6 Å². The van der Waals surface area contributed by atoms with Crippen molar-refractivity contribution in [1.29, 1.82) is 0 Å². The summed E-state index contributed by atoms with van der Waals surface area (Å²) in [5.74, 6) is -0.494. The first-order valence-electron chi connectivity index (χ1n) is 13.6. The first-order chi connectivity index (χ1) is 16.9. The molecule has 2 unspecified atom stereocenters. The van der Waals surface area contributed by atoms with Gasteiger partial charge in [-0.15, -0.1) is 0 Å². The van der Waals surface area contributed by atoms with Gasteiger partial charge in [0.05, 0.1) is 0 Å². The monoisotopic (exact) mass is 503 g/mol. The molecule has 0 heterocycles. The zero-order valence-corrected chi connectivity index (χ0v) is 23.8. The van der Waals surface area contributed by atoms with E-state index < -0.39 is 23.8 Å². The number of nitrogens with one attached hydrogen (secondary N) is 2. The molecule has 0 aliphatic carbocycles. The Morgan fingerprint density at radius 1 is 0.944 bits per heavy atom. The quantitative estimate of drug-likeness (QED) is 0.306. The van der Waals surface area contributed by atoms with Gasteiger partial charge in [0.15, 0.2) is 0 Å². The minimum absolute atomic E-state index is 0.192. The molecule has 1 rings (SSSR count). The highest BCUT2D eigenvalue weighted by Gasteiger charge is 2.34. The molecule has 0 bridgehead atoms. The third-order valence-corrected chi connectivity index (χ3v) is 6.13. The van der Waals surface area contributed by atoms with E-state index in [0.29, 0.717) is 13.1 Å². The van der Waals surface area contributed by atoms with E-state index in [-0.39, 0.29) is 11.8 Å². The molecule has 0 fully saturated rings. The second-order valence-corrected chi connectivity index (χ2v) is 10.7. The van der Waals surface area contributed by atoms with Crippen LogP contribution in [0.2, 0.25) is 0 Å². The van der Waals surface area contributed by atoms with Gasteiger partial charge in [-0.2, -0.15) is 0 Å². The highest BCUT2D eigenvalue weighted by molar-refractivity contribution is 5.92. The minimum atomic E-state index is -0.840. The molecule has 2 N–H and O–H groups in total. The van der Waals surface area contributed by atoms with Gasteiger partial charge in [-0.3, -0.25) is 9.59 Å². The number of aryl methyl sites for hydroxylation is 2. The summed E-state index contributed by atoms with van der Waals surface area (Å²) in [6.45, 7) is 16.3. The number of carbonyl (C=O) groups is 3. The zero-order valence-electron chi connectivity index (χ0n) is 23.8. The van der Waals surface area contributed by atoms with Crippen molar-refractivity contribution in [2.75, 3.05) is 13.1 Å². The molecular weight excluding hydrogens is 454 g/mol. The second-order valence-electron chi connectivity index (χ2n) is 10.7. The van der Waals surface area contributed by atoms with Crippen molar-refractivity contribution < 1.29 is 19.1 Å². The summed E-state index contributed by atoms with van der Waals surface area (Å²) in [6.07, 6.45) is 6.21. The average molecular weight is 504 g/mol. The van der Waals surface area contributed by atoms with Gasteiger partial charge < -0.3 is 20.3 Å². The van der Waals surface area contributed by atoms with Crippen LogP contribution in [0, 0.1) is 13.8 Å². The Hall–Kier alpha value is -2.57. The summed E-state index contributed by atoms with van der Waals surface area (Å²) in [5, 5.41) is 5.71. The summed E-state index contributed by atoms with van der Waals surface area (Å²) in [6, 6.07) is 4.29. The van der Waals surface area contributed by atoms with Gasteiger partial charge in [-0.1, -0.05) is 64.2 Å². The zero-order chi connectivity index (χ0) is 27.3. The molecule has 2 atom stereocenters. The van der Waals surface area contributed by atoms with Crippen LogP contribution in [0.5, 0.6) is 0 Å². The maximum atomic E-state index is 13.7. The Labute approximate surface area is 218 Å². The van der Waals surface area contributed by atoms with E-state index >= 15 is 0 Å². The highest BCUT2D eigenvalue weighted by Crippen LogP contribution is 2.25. The Balaban J connectivity index is 3.29. The SMILES string of the molecule is CCCCCCN(C(=O)C(C)NC(=O)OC(C)(C)C)C(C(=O)NCCCCC)c1ccc(C)c(C)c1. The predicted molar refractivity (Wildman–Crippen MR) is 146 cm³/mol.